The summed E-state index contributed by atoms with van der Waals surface area (Å²) in [6.07, 6.45) is 0. The lowest BCUT2D eigenvalue weighted by molar-refractivity contribution is 0.411. The summed E-state index contributed by atoms with van der Waals surface area (Å²) >= 11 is 3.36. The van der Waals surface area contributed by atoms with E-state index >= 15 is 0 Å². The van der Waals surface area contributed by atoms with Crippen LogP contribution in [0.25, 0.3) is 0 Å². The Bertz CT molecular complexity index is 256. The van der Waals surface area contributed by atoms with Crippen LogP contribution in [0.3, 0.4) is 0 Å². The van der Waals surface area contributed by atoms with Crippen molar-refractivity contribution in [3.63, 3.8) is 0 Å². The molecule has 1 nitrogen and oxygen atoms in total. The molecule has 3 heteroatoms. The van der Waals surface area contributed by atoms with Crippen LogP contribution in [-0.2, 0) is 0 Å². The summed E-state index contributed by atoms with van der Waals surface area (Å²) < 4.78 is 5.20. The molecule has 0 bridgehead atoms. The third-order valence-electron chi connectivity index (χ3n) is 1.78. The van der Waals surface area contributed by atoms with Crippen molar-refractivity contribution < 1.29 is 4.74 Å². The number of benzene rings is 1. The summed E-state index contributed by atoms with van der Waals surface area (Å²) in [7, 11) is 3.28. The van der Waals surface area contributed by atoms with Crippen LogP contribution in [0, 0.1) is 13.8 Å². The zero-order valence-corrected chi connectivity index (χ0v) is 9.75. The SMILES string of the molecule is COc1cc(C)c(SBr)cc1C. The number of hydrogen-bond acceptors (Lipinski definition) is 2. The molecule has 0 aliphatic heterocycles. The molecule has 0 unspecified atom stereocenters. The van der Waals surface area contributed by atoms with Crippen molar-refractivity contribution in [2.75, 3.05) is 7.11 Å². The van der Waals surface area contributed by atoms with Crippen molar-refractivity contribution in [3.05, 3.63) is 23.3 Å². The summed E-state index contributed by atoms with van der Waals surface area (Å²) in [6.45, 7) is 4.12. The predicted octanol–water partition coefficient (Wildman–Crippen LogP) is 3.71. The molecule has 0 spiro atoms. The van der Waals surface area contributed by atoms with E-state index in [1.54, 1.807) is 17.3 Å². The van der Waals surface area contributed by atoms with E-state index < -0.39 is 0 Å². The van der Waals surface area contributed by atoms with Crippen LogP contribution < -0.4 is 4.74 Å². The van der Waals surface area contributed by atoms with Crippen LogP contribution in [0.2, 0.25) is 0 Å². The van der Waals surface area contributed by atoms with E-state index in [-0.39, 0.29) is 0 Å². The monoisotopic (exact) mass is 246 g/mol. The summed E-state index contributed by atoms with van der Waals surface area (Å²) in [4.78, 5) is 1.24. The minimum absolute atomic E-state index is 0.956. The third-order valence-corrected chi connectivity index (χ3v) is 3.43. The molecule has 0 saturated heterocycles. The van der Waals surface area contributed by atoms with Gasteiger partial charge in [-0.1, -0.05) is 0 Å². The van der Waals surface area contributed by atoms with Crippen molar-refractivity contribution in [1.29, 1.82) is 0 Å². The number of hydrogen-bond donors (Lipinski definition) is 0. The zero-order valence-electron chi connectivity index (χ0n) is 7.35. The summed E-state index contributed by atoms with van der Waals surface area (Å²) in [5.74, 6) is 0.956. The maximum absolute atomic E-state index is 5.20. The predicted molar refractivity (Wildman–Crippen MR) is 57.3 cm³/mol. The first kappa shape index (κ1) is 9.93. The summed E-state index contributed by atoms with van der Waals surface area (Å²) in [6, 6.07) is 4.17. The lowest BCUT2D eigenvalue weighted by atomic mass is 10.1. The molecular weight excluding hydrogens is 236 g/mol. The van der Waals surface area contributed by atoms with E-state index in [1.807, 2.05) is 6.92 Å². The Kier molecular flexibility index (Phi) is 3.47. The molecule has 1 aromatic carbocycles. The molecule has 0 aliphatic carbocycles. The molecule has 0 amide bonds. The van der Waals surface area contributed by atoms with Crippen molar-refractivity contribution in [2.24, 2.45) is 0 Å². The molecule has 1 rings (SSSR count). The van der Waals surface area contributed by atoms with Gasteiger partial charge in [-0.25, -0.2) is 0 Å². The maximum Gasteiger partial charge on any atom is 0.122 e. The van der Waals surface area contributed by atoms with Crippen LogP contribution in [0.1, 0.15) is 11.1 Å². The Morgan fingerprint density at radius 2 is 1.92 bits per heavy atom. The number of methoxy groups -OCH3 is 1. The Labute approximate surface area is 84.7 Å². The fourth-order valence-electron chi connectivity index (χ4n) is 1.07. The second-order valence-corrected chi connectivity index (χ2v) is 4.23. The number of rotatable bonds is 2. The molecule has 0 radical (unpaired) electrons. The van der Waals surface area contributed by atoms with E-state index in [1.165, 1.54) is 16.0 Å². The smallest absolute Gasteiger partial charge is 0.122 e. The normalized spacial score (nSPS) is 10.0. The Balaban J connectivity index is 3.16. The van der Waals surface area contributed by atoms with Gasteiger partial charge in [-0.05, 0) is 62.1 Å². The van der Waals surface area contributed by atoms with Crippen molar-refractivity contribution in [2.45, 2.75) is 18.7 Å². The molecule has 1 aromatic rings. The molecule has 0 fully saturated rings. The summed E-state index contributed by atoms with van der Waals surface area (Å²) in [5, 5.41) is 0. The highest BCUT2D eigenvalue weighted by Gasteiger charge is 2.03. The standard InChI is InChI=1S/C9H11BrOS/c1-6-5-9(12-10)7(2)4-8(6)11-3/h4-5H,1-3H3. The quantitative estimate of drug-likeness (QED) is 0.787. The van der Waals surface area contributed by atoms with Crippen molar-refractivity contribution in [3.8, 4) is 5.75 Å². The van der Waals surface area contributed by atoms with E-state index in [2.05, 4.69) is 33.9 Å². The number of halogens is 1. The first-order valence-corrected chi connectivity index (χ1v) is 6.28. The molecule has 0 saturated carbocycles. The van der Waals surface area contributed by atoms with Gasteiger partial charge in [0.1, 0.15) is 5.75 Å². The van der Waals surface area contributed by atoms with Gasteiger partial charge in [0, 0.05) is 4.90 Å². The first-order chi connectivity index (χ1) is 5.69. The van der Waals surface area contributed by atoms with Crippen LogP contribution in [0.15, 0.2) is 17.0 Å². The topological polar surface area (TPSA) is 9.23 Å². The van der Waals surface area contributed by atoms with Gasteiger partial charge in [-0.3, -0.25) is 0 Å². The number of ether oxygens (including phenoxy) is 1. The van der Waals surface area contributed by atoms with Gasteiger partial charge in [0.2, 0.25) is 0 Å². The summed E-state index contributed by atoms with van der Waals surface area (Å²) in [5.41, 5.74) is 2.41. The minimum atomic E-state index is 0.956. The lowest BCUT2D eigenvalue weighted by Gasteiger charge is -2.08. The Morgan fingerprint density at radius 1 is 1.25 bits per heavy atom. The van der Waals surface area contributed by atoms with Gasteiger partial charge in [0.25, 0.3) is 0 Å². The van der Waals surface area contributed by atoms with E-state index in [4.69, 9.17) is 4.74 Å². The lowest BCUT2D eigenvalue weighted by Crippen LogP contribution is -1.89. The third kappa shape index (κ3) is 1.96. The first-order valence-electron chi connectivity index (χ1n) is 3.63. The van der Waals surface area contributed by atoms with Crippen LogP contribution in [0.4, 0.5) is 0 Å². The van der Waals surface area contributed by atoms with Crippen molar-refractivity contribution >= 4 is 25.0 Å². The van der Waals surface area contributed by atoms with E-state index in [0.29, 0.717) is 0 Å². The Morgan fingerprint density at radius 3 is 2.42 bits per heavy atom. The van der Waals surface area contributed by atoms with Gasteiger partial charge in [0.05, 0.1) is 7.11 Å². The molecule has 0 atom stereocenters. The number of aryl methyl sites for hydroxylation is 2. The highest BCUT2D eigenvalue weighted by molar-refractivity contribution is 9.50. The second-order valence-electron chi connectivity index (χ2n) is 2.66. The Hall–Kier alpha value is -0.150. The maximum atomic E-state index is 5.20. The molecule has 12 heavy (non-hydrogen) atoms. The van der Waals surface area contributed by atoms with Crippen LogP contribution >= 0.6 is 25.0 Å². The fraction of sp³-hybridized carbons (Fsp3) is 0.333. The van der Waals surface area contributed by atoms with Gasteiger partial charge in [0.15, 0.2) is 0 Å². The minimum Gasteiger partial charge on any atom is -0.496 e. The zero-order chi connectivity index (χ0) is 9.14. The molecular formula is C9H11BrOS. The largest absolute Gasteiger partial charge is 0.496 e. The highest BCUT2D eigenvalue weighted by Crippen LogP contribution is 2.32. The van der Waals surface area contributed by atoms with E-state index in [9.17, 15) is 0 Å². The van der Waals surface area contributed by atoms with Gasteiger partial charge in [-0.15, -0.1) is 0 Å². The van der Waals surface area contributed by atoms with Gasteiger partial charge >= 0.3 is 0 Å². The average Bonchev–Trinajstić information content (AvgIpc) is 2.08. The molecule has 66 valence electrons. The molecule has 0 heterocycles. The van der Waals surface area contributed by atoms with Gasteiger partial charge < -0.3 is 4.74 Å². The second kappa shape index (κ2) is 4.19. The highest BCUT2D eigenvalue weighted by atomic mass is 79.9. The fourth-order valence-corrected chi connectivity index (χ4v) is 2.51. The van der Waals surface area contributed by atoms with Gasteiger partial charge in [-0.2, -0.15) is 0 Å². The average molecular weight is 247 g/mol. The molecule has 0 N–H and O–H groups in total. The van der Waals surface area contributed by atoms with E-state index in [0.717, 1.165) is 5.75 Å². The molecule has 0 aliphatic rings. The van der Waals surface area contributed by atoms with Crippen LogP contribution in [-0.4, -0.2) is 7.11 Å². The van der Waals surface area contributed by atoms with Crippen LogP contribution in [0.5, 0.6) is 5.75 Å². The van der Waals surface area contributed by atoms with Crippen molar-refractivity contribution in [1.82, 2.24) is 0 Å². The molecule has 0 aromatic heterocycles.